The summed E-state index contributed by atoms with van der Waals surface area (Å²) in [7, 11) is -2.84. The van der Waals surface area contributed by atoms with Gasteiger partial charge in [-0.15, -0.1) is 11.3 Å². The van der Waals surface area contributed by atoms with E-state index in [1.807, 2.05) is 0 Å². The Balaban J connectivity index is 3.06. The van der Waals surface area contributed by atoms with Gasteiger partial charge in [-0.05, 0) is 11.4 Å². The van der Waals surface area contributed by atoms with Crippen LogP contribution in [0.1, 0.15) is 9.67 Å². The average Bonchev–Trinajstić information content (AvgIpc) is 2.85. The molecule has 0 aliphatic carbocycles. The van der Waals surface area contributed by atoms with E-state index in [1.54, 1.807) is 0 Å². The number of carbonyl (C=O) groups excluding carboxylic acids is 1. The second-order valence-corrected chi connectivity index (χ2v) is 5.89. The minimum atomic E-state index is -3.99. The maximum atomic E-state index is 11.9. The molecule has 18 heavy (non-hydrogen) atoms. The molecule has 0 radical (unpaired) electrons. The van der Waals surface area contributed by atoms with Gasteiger partial charge in [0.05, 0.1) is 26.4 Å². The molecule has 102 valence electrons. The summed E-state index contributed by atoms with van der Waals surface area (Å²) < 4.78 is 30.4. The molecule has 0 fully saturated rings. The fourth-order valence-corrected chi connectivity index (χ4v) is 3.72. The number of ether oxygens (including phenoxy) is 1. The third-order valence-electron chi connectivity index (χ3n) is 2.05. The number of methoxy groups -OCH3 is 1. The Bertz CT molecular complexity index is 505. The molecule has 0 aliphatic heterocycles. The highest BCUT2D eigenvalue weighted by Gasteiger charge is 2.26. The van der Waals surface area contributed by atoms with Crippen LogP contribution in [-0.2, 0) is 14.8 Å². The Morgan fingerprint density at radius 2 is 2.11 bits per heavy atom. The number of sulfonamides is 1. The first-order valence-electron chi connectivity index (χ1n) is 4.86. The van der Waals surface area contributed by atoms with Gasteiger partial charge in [0.1, 0.15) is 9.77 Å². The highest BCUT2D eigenvalue weighted by Crippen LogP contribution is 2.22. The number of rotatable bonds is 6. The molecule has 1 aromatic heterocycles. The minimum Gasteiger partial charge on any atom is -0.465 e. The van der Waals surface area contributed by atoms with Crippen molar-refractivity contribution in [2.75, 3.05) is 20.3 Å². The number of aliphatic hydroxyl groups excluding tert-OH is 2. The van der Waals surface area contributed by atoms with Crippen LogP contribution in [0.5, 0.6) is 0 Å². The zero-order valence-electron chi connectivity index (χ0n) is 9.49. The van der Waals surface area contributed by atoms with Crippen LogP contribution in [0.2, 0.25) is 0 Å². The molecule has 1 rings (SSSR count). The minimum absolute atomic E-state index is 0.0559. The molecule has 7 nitrogen and oxygen atoms in total. The van der Waals surface area contributed by atoms with E-state index < -0.39 is 35.2 Å². The summed E-state index contributed by atoms with van der Waals surface area (Å²) in [5.74, 6) is -0.755. The summed E-state index contributed by atoms with van der Waals surface area (Å²) in [5.41, 5.74) is 0. The molecule has 1 aromatic rings. The normalized spacial score (nSPS) is 11.8. The standard InChI is InChI=1S/C9H13NO6S2/c1-16-9(13)8-7(2-3-17-8)18(14,15)10-6(4-11)5-12/h2-3,6,10-12H,4-5H2,1H3. The Hall–Kier alpha value is -1.00. The zero-order valence-corrected chi connectivity index (χ0v) is 11.1. The van der Waals surface area contributed by atoms with E-state index >= 15 is 0 Å². The number of hydrogen-bond donors (Lipinski definition) is 3. The van der Waals surface area contributed by atoms with Gasteiger partial charge in [-0.1, -0.05) is 0 Å². The largest absolute Gasteiger partial charge is 0.465 e. The van der Waals surface area contributed by atoms with Gasteiger partial charge in [0.2, 0.25) is 10.0 Å². The van der Waals surface area contributed by atoms with E-state index in [1.165, 1.54) is 11.4 Å². The molecule has 0 saturated carbocycles. The monoisotopic (exact) mass is 295 g/mol. The fraction of sp³-hybridized carbons (Fsp3) is 0.444. The first-order valence-corrected chi connectivity index (χ1v) is 7.22. The highest BCUT2D eigenvalue weighted by molar-refractivity contribution is 7.89. The first-order chi connectivity index (χ1) is 8.46. The van der Waals surface area contributed by atoms with Gasteiger partial charge in [-0.25, -0.2) is 17.9 Å². The van der Waals surface area contributed by atoms with Gasteiger partial charge in [0.15, 0.2) is 0 Å². The lowest BCUT2D eigenvalue weighted by molar-refractivity contribution is 0.0602. The molecule has 9 heteroatoms. The topological polar surface area (TPSA) is 113 Å². The van der Waals surface area contributed by atoms with E-state index in [0.29, 0.717) is 0 Å². The number of nitrogens with one attached hydrogen (secondary N) is 1. The quantitative estimate of drug-likeness (QED) is 0.590. The summed E-state index contributed by atoms with van der Waals surface area (Å²) in [6.45, 7) is -1.10. The molecule has 1 heterocycles. The number of esters is 1. The zero-order chi connectivity index (χ0) is 13.8. The Kier molecular flexibility index (Phi) is 5.23. The van der Waals surface area contributed by atoms with Crippen molar-refractivity contribution >= 4 is 27.3 Å². The third-order valence-corrected chi connectivity index (χ3v) is 4.64. The first kappa shape index (κ1) is 15.1. The molecular weight excluding hydrogens is 282 g/mol. The highest BCUT2D eigenvalue weighted by atomic mass is 32.2. The summed E-state index contributed by atoms with van der Waals surface area (Å²) >= 11 is 0.933. The van der Waals surface area contributed by atoms with E-state index in [2.05, 4.69) is 9.46 Å². The summed E-state index contributed by atoms with van der Waals surface area (Å²) in [6.07, 6.45) is 0. The van der Waals surface area contributed by atoms with Gasteiger partial charge in [-0.2, -0.15) is 0 Å². The summed E-state index contributed by atoms with van der Waals surface area (Å²) in [5, 5.41) is 19.1. The predicted molar refractivity (Wildman–Crippen MR) is 63.9 cm³/mol. The summed E-state index contributed by atoms with van der Waals surface area (Å²) in [6, 6.07) is 0.242. The smallest absolute Gasteiger partial charge is 0.349 e. The van der Waals surface area contributed by atoms with E-state index in [0.717, 1.165) is 18.4 Å². The van der Waals surface area contributed by atoms with Crippen LogP contribution in [0.25, 0.3) is 0 Å². The molecule has 0 aromatic carbocycles. The van der Waals surface area contributed by atoms with Crippen LogP contribution in [0.15, 0.2) is 16.3 Å². The van der Waals surface area contributed by atoms with Crippen molar-refractivity contribution in [2.45, 2.75) is 10.9 Å². The third kappa shape index (κ3) is 3.27. The van der Waals surface area contributed by atoms with Crippen LogP contribution in [0, 0.1) is 0 Å². The Morgan fingerprint density at radius 3 is 2.61 bits per heavy atom. The SMILES string of the molecule is COC(=O)c1sccc1S(=O)(=O)NC(CO)CO. The number of hydrogen-bond acceptors (Lipinski definition) is 7. The lowest BCUT2D eigenvalue weighted by atomic mass is 10.4. The number of aliphatic hydroxyl groups is 2. The van der Waals surface area contributed by atoms with Gasteiger partial charge >= 0.3 is 5.97 Å². The van der Waals surface area contributed by atoms with Crippen molar-refractivity contribution in [3.63, 3.8) is 0 Å². The fourth-order valence-electron chi connectivity index (χ4n) is 1.17. The van der Waals surface area contributed by atoms with Crippen molar-refractivity contribution in [1.82, 2.24) is 4.72 Å². The average molecular weight is 295 g/mol. The lowest BCUT2D eigenvalue weighted by Gasteiger charge is -2.13. The number of carbonyl (C=O) groups is 1. The lowest BCUT2D eigenvalue weighted by Crippen LogP contribution is -2.40. The predicted octanol–water partition coefficient (Wildman–Crippen LogP) is -0.834. The van der Waals surface area contributed by atoms with Crippen molar-refractivity contribution < 1.29 is 28.2 Å². The van der Waals surface area contributed by atoms with Crippen molar-refractivity contribution in [1.29, 1.82) is 0 Å². The van der Waals surface area contributed by atoms with Crippen LogP contribution in [-0.4, -0.2) is 51.0 Å². The molecule has 0 saturated heterocycles. The van der Waals surface area contributed by atoms with Gasteiger partial charge in [0, 0.05) is 0 Å². The van der Waals surface area contributed by atoms with Gasteiger partial charge in [0.25, 0.3) is 0 Å². The van der Waals surface area contributed by atoms with Crippen molar-refractivity contribution in [3.05, 3.63) is 16.3 Å². The van der Waals surface area contributed by atoms with Crippen LogP contribution < -0.4 is 4.72 Å². The number of thiophene rings is 1. The van der Waals surface area contributed by atoms with E-state index in [4.69, 9.17) is 10.2 Å². The van der Waals surface area contributed by atoms with Gasteiger partial charge < -0.3 is 14.9 Å². The molecule has 0 aliphatic rings. The molecule has 0 spiro atoms. The molecular formula is C9H13NO6S2. The van der Waals surface area contributed by atoms with Gasteiger partial charge in [-0.3, -0.25) is 0 Å². The Labute approximate surface area is 108 Å². The molecule has 0 unspecified atom stereocenters. The van der Waals surface area contributed by atoms with Crippen LogP contribution in [0.3, 0.4) is 0 Å². The second-order valence-electron chi connectivity index (χ2n) is 3.29. The van der Waals surface area contributed by atoms with Crippen LogP contribution in [0.4, 0.5) is 0 Å². The Morgan fingerprint density at radius 1 is 1.50 bits per heavy atom. The van der Waals surface area contributed by atoms with Crippen LogP contribution >= 0.6 is 11.3 Å². The second kappa shape index (κ2) is 6.25. The van der Waals surface area contributed by atoms with Crippen molar-refractivity contribution in [2.24, 2.45) is 0 Å². The molecule has 0 amide bonds. The molecule has 3 N–H and O–H groups in total. The summed E-state index contributed by atoms with van der Waals surface area (Å²) in [4.78, 5) is 11.1. The van der Waals surface area contributed by atoms with Crippen molar-refractivity contribution in [3.8, 4) is 0 Å². The molecule has 0 bridgehead atoms. The molecule has 0 atom stereocenters. The van der Waals surface area contributed by atoms with E-state index in [-0.39, 0.29) is 9.77 Å². The maximum absolute atomic E-state index is 11.9. The maximum Gasteiger partial charge on any atom is 0.349 e. The van der Waals surface area contributed by atoms with E-state index in [9.17, 15) is 13.2 Å².